The van der Waals surface area contributed by atoms with Gasteiger partial charge in [-0.25, -0.2) is 12.8 Å². The number of aromatic nitrogens is 1. The molecule has 0 fully saturated rings. The van der Waals surface area contributed by atoms with E-state index in [4.69, 9.17) is 4.52 Å². The Labute approximate surface area is 98.0 Å². The summed E-state index contributed by atoms with van der Waals surface area (Å²) in [6, 6.07) is 6.76. The molecule has 0 atom stereocenters. The van der Waals surface area contributed by atoms with Gasteiger partial charge < -0.3 is 4.52 Å². The maximum absolute atomic E-state index is 13.4. The third-order valence-corrected chi connectivity index (χ3v) is 3.85. The van der Waals surface area contributed by atoms with Crippen molar-refractivity contribution < 1.29 is 17.3 Å². The largest absolute Gasteiger partial charge is 0.360 e. The van der Waals surface area contributed by atoms with Crippen LogP contribution in [0.3, 0.4) is 0 Å². The lowest BCUT2D eigenvalue weighted by Gasteiger charge is -2.02. The smallest absolute Gasteiger partial charge is 0.188 e. The average Bonchev–Trinajstić information content (AvgIpc) is 2.63. The van der Waals surface area contributed by atoms with E-state index < -0.39 is 21.4 Å². The van der Waals surface area contributed by atoms with Gasteiger partial charge in [0.2, 0.25) is 0 Å². The Balaban J connectivity index is 2.35. The fourth-order valence-corrected chi connectivity index (χ4v) is 2.76. The number of halogens is 1. The van der Waals surface area contributed by atoms with E-state index in [-0.39, 0.29) is 10.7 Å². The number of rotatable bonds is 3. The summed E-state index contributed by atoms with van der Waals surface area (Å²) in [6.45, 7) is 1.68. The minimum absolute atomic E-state index is 0.200. The van der Waals surface area contributed by atoms with Crippen LogP contribution in [0, 0.1) is 12.7 Å². The zero-order chi connectivity index (χ0) is 12.5. The molecule has 0 saturated heterocycles. The van der Waals surface area contributed by atoms with Gasteiger partial charge in [-0.1, -0.05) is 17.3 Å². The van der Waals surface area contributed by atoms with E-state index >= 15 is 0 Å². The van der Waals surface area contributed by atoms with E-state index in [1.54, 1.807) is 6.92 Å². The first kappa shape index (κ1) is 11.8. The van der Waals surface area contributed by atoms with E-state index in [1.165, 1.54) is 24.3 Å². The molecule has 1 aromatic heterocycles. The van der Waals surface area contributed by atoms with Crippen molar-refractivity contribution >= 4 is 9.84 Å². The number of nitrogens with zero attached hydrogens (tertiary/aromatic N) is 1. The van der Waals surface area contributed by atoms with Crippen LogP contribution in [0.15, 0.2) is 39.8 Å². The van der Waals surface area contributed by atoms with Crippen molar-refractivity contribution in [1.82, 2.24) is 5.16 Å². The summed E-state index contributed by atoms with van der Waals surface area (Å²) < 4.78 is 42.0. The van der Waals surface area contributed by atoms with Crippen LogP contribution in [0.4, 0.5) is 4.39 Å². The van der Waals surface area contributed by atoms with Crippen LogP contribution in [0.1, 0.15) is 11.5 Å². The molecule has 2 rings (SSSR count). The Kier molecular flexibility index (Phi) is 2.97. The highest BCUT2D eigenvalue weighted by Gasteiger charge is 2.21. The summed E-state index contributed by atoms with van der Waals surface area (Å²) in [5.41, 5.74) is 0.587. The Morgan fingerprint density at radius 1 is 1.35 bits per heavy atom. The first-order valence-corrected chi connectivity index (χ1v) is 6.54. The van der Waals surface area contributed by atoms with E-state index in [1.807, 2.05) is 0 Å². The standard InChI is InChI=1S/C11H10FNO3S/c1-8-6-9(16-13-8)7-17(14,15)11-5-3-2-4-10(11)12/h2-6H,7H2,1H3. The first-order valence-electron chi connectivity index (χ1n) is 4.88. The quantitative estimate of drug-likeness (QED) is 0.842. The molecule has 1 aromatic carbocycles. The first-order chi connectivity index (χ1) is 7.99. The van der Waals surface area contributed by atoms with Gasteiger partial charge in [-0.15, -0.1) is 0 Å². The van der Waals surface area contributed by atoms with Gasteiger partial charge in [-0.05, 0) is 19.1 Å². The fourth-order valence-electron chi connectivity index (χ4n) is 1.45. The predicted molar refractivity (Wildman–Crippen MR) is 58.5 cm³/mol. The second-order valence-electron chi connectivity index (χ2n) is 3.62. The molecule has 4 nitrogen and oxygen atoms in total. The Hall–Kier alpha value is -1.69. The summed E-state index contributed by atoms with van der Waals surface area (Å²) in [6.07, 6.45) is 0. The lowest BCUT2D eigenvalue weighted by molar-refractivity contribution is 0.388. The molecule has 90 valence electrons. The van der Waals surface area contributed by atoms with Crippen molar-refractivity contribution in [2.24, 2.45) is 0 Å². The lowest BCUT2D eigenvalue weighted by atomic mass is 10.3. The highest BCUT2D eigenvalue weighted by Crippen LogP contribution is 2.19. The van der Waals surface area contributed by atoms with E-state index in [0.29, 0.717) is 5.69 Å². The SMILES string of the molecule is Cc1cc(CS(=O)(=O)c2ccccc2F)on1. The van der Waals surface area contributed by atoms with Gasteiger partial charge in [-0.2, -0.15) is 0 Å². The molecule has 2 aromatic rings. The van der Waals surface area contributed by atoms with Crippen LogP contribution in [0.2, 0.25) is 0 Å². The van der Waals surface area contributed by atoms with Gasteiger partial charge in [-0.3, -0.25) is 0 Å². The fraction of sp³-hybridized carbons (Fsp3) is 0.182. The number of aryl methyl sites for hydroxylation is 1. The van der Waals surface area contributed by atoms with E-state index in [2.05, 4.69) is 5.16 Å². The molecule has 0 aliphatic rings. The van der Waals surface area contributed by atoms with Crippen molar-refractivity contribution in [2.45, 2.75) is 17.6 Å². The predicted octanol–water partition coefficient (Wildman–Crippen LogP) is 2.10. The molecular weight excluding hydrogens is 245 g/mol. The number of hydrogen-bond donors (Lipinski definition) is 0. The van der Waals surface area contributed by atoms with Crippen molar-refractivity contribution in [2.75, 3.05) is 0 Å². The summed E-state index contributed by atoms with van der Waals surface area (Å²) >= 11 is 0. The molecule has 0 bridgehead atoms. The summed E-state index contributed by atoms with van der Waals surface area (Å²) in [4.78, 5) is -0.325. The average molecular weight is 255 g/mol. The molecule has 0 amide bonds. The second kappa shape index (κ2) is 4.29. The zero-order valence-corrected chi connectivity index (χ0v) is 9.87. The molecule has 0 N–H and O–H groups in total. The Morgan fingerprint density at radius 3 is 2.65 bits per heavy atom. The third-order valence-electron chi connectivity index (χ3n) is 2.18. The number of sulfone groups is 1. The van der Waals surface area contributed by atoms with Gasteiger partial charge in [0, 0.05) is 6.07 Å². The molecule has 1 heterocycles. The van der Waals surface area contributed by atoms with Crippen LogP contribution in [0.5, 0.6) is 0 Å². The highest BCUT2D eigenvalue weighted by atomic mass is 32.2. The Bertz CT molecular complexity index is 634. The van der Waals surface area contributed by atoms with Crippen LogP contribution in [-0.2, 0) is 15.6 Å². The monoisotopic (exact) mass is 255 g/mol. The van der Waals surface area contributed by atoms with E-state index in [9.17, 15) is 12.8 Å². The third kappa shape index (κ3) is 2.52. The van der Waals surface area contributed by atoms with Crippen LogP contribution >= 0.6 is 0 Å². The maximum Gasteiger partial charge on any atom is 0.188 e. The minimum atomic E-state index is -3.74. The Morgan fingerprint density at radius 2 is 2.06 bits per heavy atom. The molecule has 0 radical (unpaired) electrons. The normalized spacial score (nSPS) is 11.6. The van der Waals surface area contributed by atoms with Gasteiger partial charge in [0.15, 0.2) is 15.6 Å². The lowest BCUT2D eigenvalue weighted by Crippen LogP contribution is -2.06. The maximum atomic E-state index is 13.4. The minimum Gasteiger partial charge on any atom is -0.360 e. The molecule has 0 spiro atoms. The van der Waals surface area contributed by atoms with Gasteiger partial charge in [0.25, 0.3) is 0 Å². The van der Waals surface area contributed by atoms with Crippen molar-refractivity contribution in [3.8, 4) is 0 Å². The molecule has 0 unspecified atom stereocenters. The molecule has 0 saturated carbocycles. The van der Waals surface area contributed by atoms with Crippen LogP contribution < -0.4 is 0 Å². The van der Waals surface area contributed by atoms with Crippen molar-refractivity contribution in [3.05, 3.63) is 47.6 Å². The summed E-state index contributed by atoms with van der Waals surface area (Å²) in [7, 11) is -3.74. The van der Waals surface area contributed by atoms with Crippen LogP contribution in [-0.4, -0.2) is 13.6 Å². The topological polar surface area (TPSA) is 60.2 Å². The molecule has 6 heteroatoms. The van der Waals surface area contributed by atoms with Gasteiger partial charge >= 0.3 is 0 Å². The summed E-state index contributed by atoms with van der Waals surface area (Å²) in [5, 5.41) is 3.58. The molecule has 0 aliphatic carbocycles. The van der Waals surface area contributed by atoms with Crippen molar-refractivity contribution in [1.29, 1.82) is 0 Å². The number of hydrogen-bond acceptors (Lipinski definition) is 4. The molecule has 0 aliphatic heterocycles. The van der Waals surface area contributed by atoms with Crippen molar-refractivity contribution in [3.63, 3.8) is 0 Å². The van der Waals surface area contributed by atoms with Gasteiger partial charge in [0.1, 0.15) is 16.5 Å². The van der Waals surface area contributed by atoms with Gasteiger partial charge in [0.05, 0.1) is 5.69 Å². The second-order valence-corrected chi connectivity index (χ2v) is 5.58. The molecular formula is C11H10FNO3S. The number of benzene rings is 1. The van der Waals surface area contributed by atoms with E-state index in [0.717, 1.165) is 6.07 Å². The molecule has 17 heavy (non-hydrogen) atoms. The summed E-state index contributed by atoms with van der Waals surface area (Å²) in [5.74, 6) is -0.955. The highest BCUT2D eigenvalue weighted by molar-refractivity contribution is 7.90. The van der Waals surface area contributed by atoms with Crippen LogP contribution in [0.25, 0.3) is 0 Å². The zero-order valence-electron chi connectivity index (χ0n) is 9.05.